The number of aryl methyl sites for hydroxylation is 1. The molecule has 0 spiro atoms. The first kappa shape index (κ1) is 25.9. The monoisotopic (exact) mass is 496 g/mol. The molecule has 0 aliphatic heterocycles. The van der Waals surface area contributed by atoms with E-state index in [4.69, 9.17) is 0 Å². The van der Waals surface area contributed by atoms with Gasteiger partial charge in [0.2, 0.25) is 15.9 Å². The summed E-state index contributed by atoms with van der Waals surface area (Å²) in [6.07, 6.45) is 9.35. The molecule has 0 bridgehead atoms. The summed E-state index contributed by atoms with van der Waals surface area (Å²) in [4.78, 5) is 13.1. The number of carbonyl (C=O) groups is 1. The van der Waals surface area contributed by atoms with Gasteiger partial charge in [-0.2, -0.15) is 4.31 Å². The Labute approximate surface area is 211 Å². The van der Waals surface area contributed by atoms with Crippen LogP contribution in [0.2, 0.25) is 0 Å². The van der Waals surface area contributed by atoms with Gasteiger partial charge in [0.25, 0.3) is 0 Å². The molecule has 0 heterocycles. The Morgan fingerprint density at radius 2 is 1.43 bits per heavy atom. The van der Waals surface area contributed by atoms with E-state index >= 15 is 0 Å². The number of carbonyl (C=O) groups excluding carboxylic acids is 1. The predicted molar refractivity (Wildman–Crippen MR) is 140 cm³/mol. The van der Waals surface area contributed by atoms with Gasteiger partial charge in [0.1, 0.15) is 0 Å². The normalized spacial score (nSPS) is 21.7. The second-order valence-electron chi connectivity index (χ2n) is 10.6. The van der Waals surface area contributed by atoms with Crippen molar-refractivity contribution in [1.29, 1.82) is 0 Å². The van der Waals surface area contributed by atoms with Gasteiger partial charge in [-0.15, -0.1) is 0 Å². The fourth-order valence-electron chi connectivity index (χ4n) is 5.60. The molecule has 190 valence electrons. The molecule has 2 aliphatic carbocycles. The van der Waals surface area contributed by atoms with Crippen LogP contribution in [0.15, 0.2) is 59.5 Å². The first-order valence-electron chi connectivity index (χ1n) is 13.3. The molecule has 0 aromatic heterocycles. The Bertz CT molecular complexity index is 1040. The molecule has 2 aromatic rings. The maximum Gasteiger partial charge on any atom is 0.243 e. The molecular formula is C29H40N2O3S. The van der Waals surface area contributed by atoms with Crippen molar-refractivity contribution in [2.45, 2.75) is 76.2 Å². The van der Waals surface area contributed by atoms with Crippen LogP contribution in [0.5, 0.6) is 0 Å². The molecular weight excluding hydrogens is 456 g/mol. The zero-order valence-corrected chi connectivity index (χ0v) is 21.8. The topological polar surface area (TPSA) is 66.5 Å². The van der Waals surface area contributed by atoms with Crippen molar-refractivity contribution in [1.82, 2.24) is 9.62 Å². The lowest BCUT2D eigenvalue weighted by Gasteiger charge is -2.34. The van der Waals surface area contributed by atoms with E-state index in [0.29, 0.717) is 36.4 Å². The van der Waals surface area contributed by atoms with Crippen molar-refractivity contribution in [2.75, 3.05) is 13.1 Å². The predicted octanol–water partition coefficient (Wildman–Crippen LogP) is 5.69. The number of nitrogens with one attached hydrogen (secondary N) is 1. The van der Waals surface area contributed by atoms with Gasteiger partial charge in [-0.25, -0.2) is 8.42 Å². The van der Waals surface area contributed by atoms with Crippen molar-refractivity contribution in [3.8, 4) is 0 Å². The number of amides is 1. The molecule has 2 aromatic carbocycles. The highest BCUT2D eigenvalue weighted by molar-refractivity contribution is 7.89. The second-order valence-corrected chi connectivity index (χ2v) is 12.5. The third-order valence-electron chi connectivity index (χ3n) is 7.83. The highest BCUT2D eigenvalue weighted by atomic mass is 32.2. The van der Waals surface area contributed by atoms with Gasteiger partial charge in [0, 0.05) is 25.6 Å². The standard InChI is InChI=1S/C29H40N2O3S/c1-23-12-14-24(15-13-23)20-30-29(32)27-18-16-26(17-19-27)22-31(21-25-8-4-2-5-9-25)35(33,34)28-10-6-3-7-11-28/h3,6-7,10-15,25-27H,2,4-5,8-9,16-22H2,1H3,(H,30,32). The Kier molecular flexibility index (Phi) is 9.01. The second kappa shape index (κ2) is 12.2. The number of nitrogens with zero attached hydrogens (tertiary/aromatic N) is 1. The van der Waals surface area contributed by atoms with Crippen LogP contribution in [-0.4, -0.2) is 31.7 Å². The molecule has 2 fully saturated rings. The van der Waals surface area contributed by atoms with E-state index in [1.54, 1.807) is 28.6 Å². The van der Waals surface area contributed by atoms with Crippen LogP contribution in [0, 0.1) is 24.7 Å². The van der Waals surface area contributed by atoms with Crippen LogP contribution >= 0.6 is 0 Å². The van der Waals surface area contributed by atoms with Gasteiger partial charge in [-0.3, -0.25) is 4.79 Å². The van der Waals surface area contributed by atoms with Crippen molar-refractivity contribution in [3.63, 3.8) is 0 Å². The fraction of sp³-hybridized carbons (Fsp3) is 0.552. The van der Waals surface area contributed by atoms with Crippen LogP contribution in [0.4, 0.5) is 0 Å². The van der Waals surface area contributed by atoms with E-state index < -0.39 is 10.0 Å². The zero-order valence-electron chi connectivity index (χ0n) is 21.0. The molecule has 0 atom stereocenters. The Morgan fingerprint density at radius 1 is 0.829 bits per heavy atom. The van der Waals surface area contributed by atoms with Crippen LogP contribution < -0.4 is 5.32 Å². The summed E-state index contributed by atoms with van der Waals surface area (Å²) in [6, 6.07) is 17.1. The number of sulfonamides is 1. The molecule has 5 nitrogen and oxygen atoms in total. The molecule has 2 saturated carbocycles. The van der Waals surface area contributed by atoms with E-state index in [1.807, 2.05) is 6.07 Å². The van der Waals surface area contributed by atoms with E-state index in [0.717, 1.165) is 44.1 Å². The van der Waals surface area contributed by atoms with Crippen molar-refractivity contribution in [2.24, 2.45) is 17.8 Å². The summed E-state index contributed by atoms with van der Waals surface area (Å²) in [6.45, 7) is 3.80. The molecule has 6 heteroatoms. The third-order valence-corrected chi connectivity index (χ3v) is 9.68. The highest BCUT2D eigenvalue weighted by Crippen LogP contribution is 2.33. The molecule has 4 rings (SSSR count). The van der Waals surface area contributed by atoms with Crippen LogP contribution in [0.3, 0.4) is 0 Å². The van der Waals surface area contributed by atoms with Crippen LogP contribution in [0.25, 0.3) is 0 Å². The molecule has 35 heavy (non-hydrogen) atoms. The SMILES string of the molecule is Cc1ccc(CNC(=O)C2CCC(CN(CC3CCCCC3)S(=O)(=O)c3ccccc3)CC2)cc1. The average molecular weight is 497 g/mol. The maximum absolute atomic E-state index is 13.6. The van der Waals surface area contributed by atoms with Gasteiger partial charge in [-0.1, -0.05) is 67.3 Å². The van der Waals surface area contributed by atoms with Crippen molar-refractivity contribution in [3.05, 3.63) is 65.7 Å². The Hall–Kier alpha value is -2.18. The van der Waals surface area contributed by atoms with Gasteiger partial charge in [0.05, 0.1) is 4.90 Å². The third kappa shape index (κ3) is 7.17. The van der Waals surface area contributed by atoms with E-state index in [-0.39, 0.29) is 11.8 Å². The molecule has 0 unspecified atom stereocenters. The van der Waals surface area contributed by atoms with Crippen molar-refractivity contribution >= 4 is 15.9 Å². The summed E-state index contributed by atoms with van der Waals surface area (Å²) < 4.78 is 28.9. The van der Waals surface area contributed by atoms with Crippen LogP contribution in [0.1, 0.15) is 68.9 Å². The summed E-state index contributed by atoms with van der Waals surface area (Å²) in [5, 5.41) is 3.10. The zero-order chi connectivity index (χ0) is 24.7. The quantitative estimate of drug-likeness (QED) is 0.485. The number of hydrogen-bond donors (Lipinski definition) is 1. The van der Waals surface area contributed by atoms with Gasteiger partial charge in [-0.05, 0) is 75.0 Å². The summed E-state index contributed by atoms with van der Waals surface area (Å²) >= 11 is 0. The Morgan fingerprint density at radius 3 is 2.06 bits per heavy atom. The number of rotatable bonds is 9. The molecule has 2 aliphatic rings. The highest BCUT2D eigenvalue weighted by Gasteiger charge is 2.33. The lowest BCUT2D eigenvalue weighted by molar-refractivity contribution is -0.126. The van der Waals surface area contributed by atoms with Gasteiger partial charge in [0.15, 0.2) is 0 Å². The van der Waals surface area contributed by atoms with Crippen molar-refractivity contribution < 1.29 is 13.2 Å². The largest absolute Gasteiger partial charge is 0.352 e. The first-order valence-corrected chi connectivity index (χ1v) is 14.7. The van der Waals surface area contributed by atoms with Crippen LogP contribution in [-0.2, 0) is 21.4 Å². The average Bonchev–Trinajstić information content (AvgIpc) is 2.89. The lowest BCUT2D eigenvalue weighted by Crippen LogP contribution is -2.41. The van der Waals surface area contributed by atoms with Gasteiger partial charge < -0.3 is 5.32 Å². The molecule has 0 radical (unpaired) electrons. The molecule has 0 saturated heterocycles. The van der Waals surface area contributed by atoms with E-state index in [2.05, 4.69) is 36.5 Å². The Balaban J connectivity index is 1.34. The smallest absolute Gasteiger partial charge is 0.243 e. The summed E-state index contributed by atoms with van der Waals surface area (Å²) in [5.74, 6) is 0.901. The number of benzene rings is 2. The minimum atomic E-state index is -3.52. The summed E-state index contributed by atoms with van der Waals surface area (Å²) in [7, 11) is -3.52. The summed E-state index contributed by atoms with van der Waals surface area (Å²) in [5.41, 5.74) is 2.33. The minimum Gasteiger partial charge on any atom is -0.352 e. The lowest BCUT2D eigenvalue weighted by atomic mass is 9.81. The first-order chi connectivity index (χ1) is 16.9. The van der Waals surface area contributed by atoms with Gasteiger partial charge >= 0.3 is 0 Å². The minimum absolute atomic E-state index is 0.0224. The molecule has 1 N–H and O–H groups in total. The fourth-order valence-corrected chi connectivity index (χ4v) is 7.22. The maximum atomic E-state index is 13.6. The molecule has 1 amide bonds. The van der Waals surface area contributed by atoms with E-state index in [9.17, 15) is 13.2 Å². The van der Waals surface area contributed by atoms with E-state index in [1.165, 1.54) is 24.8 Å². The number of hydrogen-bond acceptors (Lipinski definition) is 3.